The Bertz CT molecular complexity index is 335. The normalized spacial score (nSPS) is 10.7. The molecule has 0 aliphatic carbocycles. The van der Waals surface area contributed by atoms with Crippen LogP contribution in [0.3, 0.4) is 0 Å². The van der Waals surface area contributed by atoms with Gasteiger partial charge < -0.3 is 4.74 Å². The topological polar surface area (TPSA) is 22.1 Å². The van der Waals surface area contributed by atoms with Crippen molar-refractivity contribution in [3.05, 3.63) is 22.5 Å². The molecule has 0 unspecified atom stereocenters. The van der Waals surface area contributed by atoms with E-state index in [4.69, 9.17) is 16.3 Å². The van der Waals surface area contributed by atoms with E-state index in [-0.39, 0.29) is 10.8 Å². The predicted octanol–water partition coefficient (Wildman–Crippen LogP) is 3.58. The van der Waals surface area contributed by atoms with Crippen LogP contribution in [0.25, 0.3) is 0 Å². The number of alkyl halides is 3. The first-order chi connectivity index (χ1) is 6.60. The van der Waals surface area contributed by atoms with E-state index in [0.717, 1.165) is 0 Å². The van der Waals surface area contributed by atoms with Crippen LogP contribution in [0.2, 0.25) is 5.02 Å². The monoisotopic (exact) mass is 285 g/mol. The SMILES string of the molecule is COc1c(Cl)cc(CBr)nc1C(F)F. The Kier molecular flexibility index (Phi) is 4.07. The first-order valence-electron chi connectivity index (χ1n) is 3.67. The zero-order chi connectivity index (χ0) is 10.7. The number of aromatic nitrogens is 1. The molecule has 0 saturated carbocycles. The molecule has 0 aliphatic heterocycles. The molecule has 0 N–H and O–H groups in total. The van der Waals surface area contributed by atoms with E-state index in [0.29, 0.717) is 11.0 Å². The maximum absolute atomic E-state index is 12.5. The zero-order valence-electron chi connectivity index (χ0n) is 7.23. The Morgan fingerprint density at radius 2 is 2.29 bits per heavy atom. The molecule has 0 fully saturated rings. The molecule has 0 bridgehead atoms. The van der Waals surface area contributed by atoms with Crippen LogP contribution < -0.4 is 4.74 Å². The molecule has 1 aromatic rings. The molecule has 0 aliphatic rings. The summed E-state index contributed by atoms with van der Waals surface area (Å²) in [5.74, 6) is -0.0635. The summed E-state index contributed by atoms with van der Waals surface area (Å²) in [7, 11) is 1.28. The highest BCUT2D eigenvalue weighted by molar-refractivity contribution is 9.08. The molecule has 0 amide bonds. The maximum atomic E-state index is 12.5. The summed E-state index contributed by atoms with van der Waals surface area (Å²) < 4.78 is 29.7. The molecule has 0 saturated heterocycles. The number of ether oxygens (including phenoxy) is 1. The molecule has 0 spiro atoms. The molecule has 6 heteroatoms. The molecule has 0 atom stereocenters. The van der Waals surface area contributed by atoms with Gasteiger partial charge in [0.15, 0.2) is 5.75 Å². The third-order valence-corrected chi connectivity index (χ3v) is 2.41. The van der Waals surface area contributed by atoms with Gasteiger partial charge in [0, 0.05) is 5.33 Å². The molecule has 78 valence electrons. The minimum atomic E-state index is -2.69. The quantitative estimate of drug-likeness (QED) is 0.792. The number of hydrogen-bond donors (Lipinski definition) is 0. The lowest BCUT2D eigenvalue weighted by molar-refractivity contribution is 0.141. The Labute approximate surface area is 93.4 Å². The summed E-state index contributed by atoms with van der Waals surface area (Å²) in [5.41, 5.74) is 0.0283. The fraction of sp³-hybridized carbons (Fsp3) is 0.375. The van der Waals surface area contributed by atoms with Gasteiger partial charge in [0.25, 0.3) is 6.43 Å². The molecule has 2 nitrogen and oxygen atoms in total. The van der Waals surface area contributed by atoms with E-state index in [1.54, 1.807) is 0 Å². The van der Waals surface area contributed by atoms with Gasteiger partial charge in [0.1, 0.15) is 5.69 Å². The van der Waals surface area contributed by atoms with Crippen molar-refractivity contribution < 1.29 is 13.5 Å². The fourth-order valence-corrected chi connectivity index (χ4v) is 1.58. The van der Waals surface area contributed by atoms with Crippen LogP contribution in [0.15, 0.2) is 6.07 Å². The molecule has 0 radical (unpaired) electrons. The van der Waals surface area contributed by atoms with E-state index in [2.05, 4.69) is 20.9 Å². The van der Waals surface area contributed by atoms with Crippen molar-refractivity contribution in [2.24, 2.45) is 0 Å². The Morgan fingerprint density at radius 1 is 1.64 bits per heavy atom. The fourth-order valence-electron chi connectivity index (χ4n) is 0.990. The van der Waals surface area contributed by atoms with Gasteiger partial charge in [0.2, 0.25) is 0 Å². The lowest BCUT2D eigenvalue weighted by Gasteiger charge is -2.09. The number of rotatable bonds is 3. The van der Waals surface area contributed by atoms with Gasteiger partial charge in [-0.15, -0.1) is 0 Å². The average molecular weight is 287 g/mol. The van der Waals surface area contributed by atoms with Crippen LogP contribution in [0.4, 0.5) is 8.78 Å². The summed E-state index contributed by atoms with van der Waals surface area (Å²) in [4.78, 5) is 3.72. The summed E-state index contributed by atoms with van der Waals surface area (Å²) in [6, 6.07) is 1.49. The van der Waals surface area contributed by atoms with Crippen LogP contribution in [-0.2, 0) is 5.33 Å². The molecule has 1 heterocycles. The second-order valence-corrected chi connectivity index (χ2v) is 3.42. The summed E-state index contributed by atoms with van der Waals surface area (Å²) in [6.07, 6.45) is -2.69. The lowest BCUT2D eigenvalue weighted by atomic mass is 10.3. The summed E-state index contributed by atoms with van der Waals surface area (Å²) in [5, 5.41) is 0.517. The molecular formula is C8H7BrClF2NO. The third kappa shape index (κ3) is 2.33. The van der Waals surface area contributed by atoms with Gasteiger partial charge in [-0.05, 0) is 6.07 Å². The largest absolute Gasteiger partial charge is 0.493 e. The minimum absolute atomic E-state index is 0.0635. The van der Waals surface area contributed by atoms with Crippen LogP contribution in [0.5, 0.6) is 5.75 Å². The smallest absolute Gasteiger partial charge is 0.284 e. The van der Waals surface area contributed by atoms with Crippen LogP contribution in [-0.4, -0.2) is 12.1 Å². The number of halogens is 4. The number of pyridine rings is 1. The number of methoxy groups -OCH3 is 1. The summed E-state index contributed by atoms with van der Waals surface area (Å²) in [6.45, 7) is 0. The molecular weight excluding hydrogens is 279 g/mol. The first kappa shape index (κ1) is 11.7. The Hall–Kier alpha value is -0.420. The second-order valence-electron chi connectivity index (χ2n) is 2.45. The van der Waals surface area contributed by atoms with Crippen molar-refractivity contribution in [1.29, 1.82) is 0 Å². The lowest BCUT2D eigenvalue weighted by Crippen LogP contribution is -2.00. The average Bonchev–Trinajstić information content (AvgIpc) is 2.16. The van der Waals surface area contributed by atoms with Gasteiger partial charge in [-0.25, -0.2) is 13.8 Å². The van der Waals surface area contributed by atoms with Crippen molar-refractivity contribution in [1.82, 2.24) is 4.98 Å². The standard InChI is InChI=1S/C8H7BrClF2NO/c1-14-7-5(10)2-4(3-9)13-6(7)8(11)12/h2,8H,3H2,1H3. The van der Waals surface area contributed by atoms with Crippen molar-refractivity contribution >= 4 is 27.5 Å². The Balaban J connectivity index is 3.28. The highest BCUT2D eigenvalue weighted by Crippen LogP contribution is 2.34. The number of nitrogens with zero attached hydrogens (tertiary/aromatic N) is 1. The van der Waals surface area contributed by atoms with Gasteiger partial charge in [-0.3, -0.25) is 0 Å². The van der Waals surface area contributed by atoms with Crippen molar-refractivity contribution in [2.75, 3.05) is 7.11 Å². The van der Waals surface area contributed by atoms with E-state index in [9.17, 15) is 8.78 Å². The molecule has 14 heavy (non-hydrogen) atoms. The van der Waals surface area contributed by atoms with Crippen molar-refractivity contribution in [2.45, 2.75) is 11.8 Å². The molecule has 1 rings (SSSR count). The Morgan fingerprint density at radius 3 is 2.71 bits per heavy atom. The second kappa shape index (κ2) is 4.89. The van der Waals surface area contributed by atoms with E-state index >= 15 is 0 Å². The van der Waals surface area contributed by atoms with E-state index < -0.39 is 12.1 Å². The van der Waals surface area contributed by atoms with Crippen LogP contribution >= 0.6 is 27.5 Å². The summed E-state index contributed by atoms with van der Waals surface area (Å²) >= 11 is 8.85. The van der Waals surface area contributed by atoms with Gasteiger partial charge in [0.05, 0.1) is 17.8 Å². The third-order valence-electron chi connectivity index (χ3n) is 1.55. The molecule has 0 aromatic carbocycles. The van der Waals surface area contributed by atoms with Gasteiger partial charge >= 0.3 is 0 Å². The van der Waals surface area contributed by atoms with Crippen molar-refractivity contribution in [3.8, 4) is 5.75 Å². The first-order valence-corrected chi connectivity index (χ1v) is 5.17. The zero-order valence-corrected chi connectivity index (χ0v) is 9.57. The number of hydrogen-bond acceptors (Lipinski definition) is 2. The van der Waals surface area contributed by atoms with Crippen LogP contribution in [0.1, 0.15) is 17.8 Å². The van der Waals surface area contributed by atoms with Gasteiger partial charge in [-0.1, -0.05) is 27.5 Å². The highest BCUT2D eigenvalue weighted by atomic mass is 79.9. The van der Waals surface area contributed by atoms with Gasteiger partial charge in [-0.2, -0.15) is 0 Å². The van der Waals surface area contributed by atoms with E-state index in [1.165, 1.54) is 13.2 Å². The minimum Gasteiger partial charge on any atom is -0.493 e. The molecule has 1 aromatic heterocycles. The predicted molar refractivity (Wildman–Crippen MR) is 53.4 cm³/mol. The highest BCUT2D eigenvalue weighted by Gasteiger charge is 2.19. The van der Waals surface area contributed by atoms with Crippen LogP contribution in [0, 0.1) is 0 Å². The maximum Gasteiger partial charge on any atom is 0.284 e. The van der Waals surface area contributed by atoms with E-state index in [1.807, 2.05) is 0 Å². The van der Waals surface area contributed by atoms with Crippen molar-refractivity contribution in [3.63, 3.8) is 0 Å².